The van der Waals surface area contributed by atoms with Gasteiger partial charge in [0.15, 0.2) is 0 Å². The number of hydrogen-bond acceptors (Lipinski definition) is 5. The van der Waals surface area contributed by atoms with Gasteiger partial charge in [-0.05, 0) is 38.9 Å². The molecule has 8 nitrogen and oxygen atoms in total. The Kier molecular flexibility index (Phi) is 7.10. The topological polar surface area (TPSA) is 81.9 Å². The highest BCUT2D eigenvalue weighted by Gasteiger charge is 2.26. The molecule has 1 N–H and O–H groups in total. The monoisotopic (exact) mass is 413 g/mol. The van der Waals surface area contributed by atoms with Crippen LogP contribution in [-0.4, -0.2) is 71.1 Å². The molecular weight excluding hydrogens is 382 g/mol. The van der Waals surface area contributed by atoms with Gasteiger partial charge in [-0.3, -0.25) is 9.69 Å². The summed E-state index contributed by atoms with van der Waals surface area (Å²) in [5.74, 6) is 0.0623. The molecule has 0 bridgehead atoms. The summed E-state index contributed by atoms with van der Waals surface area (Å²) in [6.07, 6.45) is 0. The highest BCUT2D eigenvalue weighted by molar-refractivity contribution is 5.91. The Bertz CT molecular complexity index is 871. The summed E-state index contributed by atoms with van der Waals surface area (Å²) in [4.78, 5) is 30.8. The molecule has 0 aliphatic carbocycles. The van der Waals surface area contributed by atoms with Crippen LogP contribution in [0.1, 0.15) is 41.2 Å². The number of hydrogen-bond donors (Lipinski definition) is 1. The minimum Gasteiger partial charge on any atom is -0.351 e. The fraction of sp³-hybridized carbons (Fsp3) is 0.500. The number of urea groups is 1. The van der Waals surface area contributed by atoms with Crippen molar-refractivity contribution in [3.63, 3.8) is 0 Å². The van der Waals surface area contributed by atoms with Crippen molar-refractivity contribution < 1.29 is 14.1 Å². The first-order chi connectivity index (χ1) is 14.3. The van der Waals surface area contributed by atoms with Gasteiger partial charge < -0.3 is 19.6 Å². The highest BCUT2D eigenvalue weighted by Crippen LogP contribution is 2.14. The maximum absolute atomic E-state index is 12.6. The number of nitrogens with one attached hydrogen (secondary N) is 1. The average molecular weight is 414 g/mol. The Morgan fingerprint density at radius 2 is 1.77 bits per heavy atom. The molecule has 0 spiro atoms. The predicted octanol–water partition coefficient (Wildman–Crippen LogP) is 2.49. The van der Waals surface area contributed by atoms with Crippen molar-refractivity contribution in [2.75, 3.05) is 33.2 Å². The average Bonchev–Trinajstić information content (AvgIpc) is 3.18. The fourth-order valence-corrected chi connectivity index (χ4v) is 3.35. The van der Waals surface area contributed by atoms with Gasteiger partial charge in [0, 0.05) is 51.4 Å². The molecule has 1 aromatic heterocycles. The smallest absolute Gasteiger partial charge is 0.317 e. The number of rotatable bonds is 6. The van der Waals surface area contributed by atoms with E-state index in [0.29, 0.717) is 44.5 Å². The number of amides is 3. The Balaban J connectivity index is 1.50. The van der Waals surface area contributed by atoms with Gasteiger partial charge in [0.2, 0.25) is 5.76 Å². The second-order valence-corrected chi connectivity index (χ2v) is 8.05. The molecule has 1 saturated heterocycles. The van der Waals surface area contributed by atoms with Crippen LogP contribution in [0.15, 0.2) is 34.9 Å². The van der Waals surface area contributed by atoms with Crippen LogP contribution < -0.4 is 5.32 Å². The number of carbonyl (C=O) groups is 2. The Morgan fingerprint density at radius 3 is 2.37 bits per heavy atom. The summed E-state index contributed by atoms with van der Waals surface area (Å²) in [6.45, 7) is 9.36. The molecule has 1 aromatic carbocycles. The highest BCUT2D eigenvalue weighted by atomic mass is 16.5. The molecule has 0 atom stereocenters. The standard InChI is InChI=1S/C22H31N5O3/c1-16(2)25(4)15-19-8-6-5-7-18(19)14-23-22(29)27-11-9-26(10-12-27)21(28)20-13-17(3)24-30-20/h5-8,13,16H,9-12,14-15H2,1-4H3,(H,23,29). The van der Waals surface area contributed by atoms with E-state index < -0.39 is 0 Å². The van der Waals surface area contributed by atoms with Gasteiger partial charge in [-0.25, -0.2) is 4.79 Å². The lowest BCUT2D eigenvalue weighted by atomic mass is 10.1. The summed E-state index contributed by atoms with van der Waals surface area (Å²) in [5, 5.41) is 6.79. The van der Waals surface area contributed by atoms with Gasteiger partial charge in [0.1, 0.15) is 0 Å². The summed E-state index contributed by atoms with van der Waals surface area (Å²) in [5.41, 5.74) is 3.01. The summed E-state index contributed by atoms with van der Waals surface area (Å²) in [7, 11) is 2.10. The molecule has 30 heavy (non-hydrogen) atoms. The van der Waals surface area contributed by atoms with Crippen LogP contribution in [0.3, 0.4) is 0 Å². The van der Waals surface area contributed by atoms with Crippen LogP contribution in [0.2, 0.25) is 0 Å². The Morgan fingerprint density at radius 1 is 1.13 bits per heavy atom. The van der Waals surface area contributed by atoms with Crippen molar-refractivity contribution in [2.45, 2.75) is 39.9 Å². The summed E-state index contributed by atoms with van der Waals surface area (Å²) < 4.78 is 5.06. The van der Waals surface area contributed by atoms with Crippen LogP contribution in [0.4, 0.5) is 4.79 Å². The number of carbonyl (C=O) groups excluding carboxylic acids is 2. The molecule has 0 unspecified atom stereocenters. The van der Waals surface area contributed by atoms with Crippen molar-refractivity contribution in [1.29, 1.82) is 0 Å². The summed E-state index contributed by atoms with van der Waals surface area (Å²) in [6, 6.07) is 10.2. The van der Waals surface area contributed by atoms with Gasteiger partial charge in [-0.15, -0.1) is 0 Å². The van der Waals surface area contributed by atoms with E-state index in [4.69, 9.17) is 4.52 Å². The Labute approximate surface area is 177 Å². The minimum atomic E-state index is -0.182. The number of aromatic nitrogens is 1. The van der Waals surface area contributed by atoms with E-state index in [1.807, 2.05) is 12.1 Å². The maximum Gasteiger partial charge on any atom is 0.317 e. The number of nitrogens with zero attached hydrogens (tertiary/aromatic N) is 4. The molecule has 2 aromatic rings. The van der Waals surface area contributed by atoms with Crippen LogP contribution in [0, 0.1) is 6.92 Å². The number of aryl methyl sites for hydroxylation is 1. The zero-order chi connectivity index (χ0) is 21.7. The normalized spacial score (nSPS) is 14.5. The third-order valence-corrected chi connectivity index (χ3v) is 5.54. The van der Waals surface area contributed by atoms with Gasteiger partial charge >= 0.3 is 6.03 Å². The third-order valence-electron chi connectivity index (χ3n) is 5.54. The molecule has 2 heterocycles. The molecule has 0 radical (unpaired) electrons. The second-order valence-electron chi connectivity index (χ2n) is 8.05. The van der Waals surface area contributed by atoms with E-state index >= 15 is 0 Å². The largest absolute Gasteiger partial charge is 0.351 e. The van der Waals surface area contributed by atoms with Gasteiger partial charge in [-0.1, -0.05) is 29.4 Å². The van der Waals surface area contributed by atoms with Crippen molar-refractivity contribution in [2.24, 2.45) is 0 Å². The van der Waals surface area contributed by atoms with Crippen molar-refractivity contribution >= 4 is 11.9 Å². The van der Waals surface area contributed by atoms with Gasteiger partial charge in [-0.2, -0.15) is 0 Å². The number of benzene rings is 1. The lowest BCUT2D eigenvalue weighted by Crippen LogP contribution is -2.53. The van der Waals surface area contributed by atoms with Crippen molar-refractivity contribution in [1.82, 2.24) is 25.2 Å². The van der Waals surface area contributed by atoms with E-state index in [-0.39, 0.29) is 17.7 Å². The lowest BCUT2D eigenvalue weighted by molar-refractivity contribution is 0.0624. The van der Waals surface area contributed by atoms with E-state index in [2.05, 4.69) is 48.4 Å². The van der Waals surface area contributed by atoms with Crippen LogP contribution >= 0.6 is 0 Å². The zero-order valence-electron chi connectivity index (χ0n) is 18.2. The first-order valence-electron chi connectivity index (χ1n) is 10.4. The van der Waals surface area contributed by atoms with E-state index in [1.54, 1.807) is 22.8 Å². The zero-order valence-corrected chi connectivity index (χ0v) is 18.2. The molecule has 3 rings (SSSR count). The molecule has 1 aliphatic heterocycles. The fourth-order valence-electron chi connectivity index (χ4n) is 3.35. The van der Waals surface area contributed by atoms with E-state index in [1.165, 1.54) is 5.56 Å². The molecule has 3 amide bonds. The van der Waals surface area contributed by atoms with Crippen LogP contribution in [0.5, 0.6) is 0 Å². The first kappa shape index (κ1) is 21.8. The minimum absolute atomic E-state index is 0.107. The third kappa shape index (κ3) is 5.38. The van der Waals surface area contributed by atoms with E-state index in [0.717, 1.165) is 12.1 Å². The lowest BCUT2D eigenvalue weighted by Gasteiger charge is -2.34. The molecule has 0 saturated carbocycles. The first-order valence-corrected chi connectivity index (χ1v) is 10.4. The Hall–Kier alpha value is -2.87. The van der Waals surface area contributed by atoms with Gasteiger partial charge in [0.25, 0.3) is 5.91 Å². The van der Waals surface area contributed by atoms with Crippen LogP contribution in [-0.2, 0) is 13.1 Å². The molecule has 8 heteroatoms. The quantitative estimate of drug-likeness (QED) is 0.787. The SMILES string of the molecule is Cc1cc(C(=O)N2CCN(C(=O)NCc3ccccc3CN(C)C(C)C)CC2)on1. The predicted molar refractivity (Wildman–Crippen MR) is 114 cm³/mol. The van der Waals surface area contributed by atoms with Crippen LogP contribution in [0.25, 0.3) is 0 Å². The second kappa shape index (κ2) is 9.75. The van der Waals surface area contributed by atoms with Crippen molar-refractivity contribution in [3.8, 4) is 0 Å². The molecule has 1 aliphatic rings. The summed E-state index contributed by atoms with van der Waals surface area (Å²) >= 11 is 0. The van der Waals surface area contributed by atoms with Gasteiger partial charge in [0.05, 0.1) is 5.69 Å². The molecule has 1 fully saturated rings. The van der Waals surface area contributed by atoms with Crippen molar-refractivity contribution in [3.05, 3.63) is 52.9 Å². The van der Waals surface area contributed by atoms with E-state index in [9.17, 15) is 9.59 Å². The number of piperazine rings is 1. The maximum atomic E-state index is 12.6. The molecular formula is C22H31N5O3. The molecule has 162 valence electrons.